The number of anilines is 2. The minimum Gasteiger partial charge on any atom is -0.468 e. The molecule has 1 aromatic heterocycles. The number of esters is 1. The van der Waals surface area contributed by atoms with Crippen molar-refractivity contribution in [3.8, 4) is 5.75 Å². The van der Waals surface area contributed by atoms with Gasteiger partial charge in [0, 0.05) is 48.5 Å². The van der Waals surface area contributed by atoms with Crippen LogP contribution in [-0.4, -0.2) is 76.2 Å². The van der Waals surface area contributed by atoms with Gasteiger partial charge in [0.2, 0.25) is 5.75 Å². The first kappa shape index (κ1) is 28.7. The lowest BCUT2D eigenvalue weighted by molar-refractivity contribution is -0.386. The highest BCUT2D eigenvalue weighted by Crippen LogP contribution is 2.36. The van der Waals surface area contributed by atoms with Crippen molar-refractivity contribution in [2.45, 2.75) is 39.3 Å². The molecule has 1 saturated heterocycles. The zero-order valence-corrected chi connectivity index (χ0v) is 23.7. The third-order valence-electron chi connectivity index (χ3n) is 6.54. The van der Waals surface area contributed by atoms with E-state index in [9.17, 15) is 14.9 Å². The zero-order valence-electron chi connectivity index (χ0n) is 22.1. The largest absolute Gasteiger partial charge is 0.468 e. The van der Waals surface area contributed by atoms with Gasteiger partial charge in [0.15, 0.2) is 6.23 Å². The fourth-order valence-corrected chi connectivity index (χ4v) is 4.84. The Kier molecular flexibility index (Phi) is 10.0. The molecule has 1 aliphatic heterocycles. The lowest BCUT2D eigenvalue weighted by atomic mass is 10.2. The van der Waals surface area contributed by atoms with Crippen LogP contribution in [0, 0.1) is 10.1 Å². The SMILES string of the molecule is CCCCOC(=O)CN1CCN(C(CC)Oc2cc3ncnc(Nc4cccc(Br)c4)c3cc2[N+](=O)[O-])CC1. The van der Waals surface area contributed by atoms with Crippen molar-refractivity contribution in [2.75, 3.05) is 44.6 Å². The Hall–Kier alpha value is -3.35. The number of nitro benzene ring substituents is 1. The highest BCUT2D eigenvalue weighted by molar-refractivity contribution is 9.10. The van der Waals surface area contributed by atoms with Crippen LogP contribution in [0.1, 0.15) is 33.1 Å². The van der Waals surface area contributed by atoms with Gasteiger partial charge in [-0.15, -0.1) is 0 Å². The van der Waals surface area contributed by atoms with Crippen molar-refractivity contribution in [3.63, 3.8) is 0 Å². The van der Waals surface area contributed by atoms with E-state index in [0.717, 1.165) is 23.0 Å². The summed E-state index contributed by atoms with van der Waals surface area (Å²) in [6.45, 7) is 7.47. The van der Waals surface area contributed by atoms with Crippen LogP contribution in [0.15, 0.2) is 47.2 Å². The molecule has 2 heterocycles. The first-order valence-corrected chi connectivity index (χ1v) is 13.9. The minimum absolute atomic E-state index is 0.151. The Balaban J connectivity index is 1.47. The molecule has 0 aliphatic carbocycles. The minimum atomic E-state index is -0.445. The van der Waals surface area contributed by atoms with Gasteiger partial charge in [-0.1, -0.05) is 42.3 Å². The lowest BCUT2D eigenvalue weighted by Crippen LogP contribution is -2.52. The second kappa shape index (κ2) is 13.6. The van der Waals surface area contributed by atoms with Crippen LogP contribution < -0.4 is 10.1 Å². The molecule has 0 radical (unpaired) electrons. The van der Waals surface area contributed by atoms with E-state index in [1.54, 1.807) is 6.07 Å². The number of benzene rings is 2. The molecule has 4 rings (SSSR count). The maximum absolute atomic E-state index is 12.1. The maximum atomic E-state index is 12.1. The summed E-state index contributed by atoms with van der Waals surface area (Å²) in [6, 6.07) is 10.6. The molecule has 2 aromatic carbocycles. The summed E-state index contributed by atoms with van der Waals surface area (Å²) in [5.74, 6) is 0.417. The van der Waals surface area contributed by atoms with E-state index in [0.29, 0.717) is 55.9 Å². The number of unbranched alkanes of at least 4 members (excludes halogenated alkanes) is 1. The van der Waals surface area contributed by atoms with E-state index in [1.807, 2.05) is 31.2 Å². The number of hydrogen-bond donors (Lipinski definition) is 1. The Morgan fingerprint density at radius 2 is 1.97 bits per heavy atom. The van der Waals surface area contributed by atoms with E-state index in [2.05, 4.69) is 47.9 Å². The summed E-state index contributed by atoms with van der Waals surface area (Å²) in [5, 5.41) is 15.8. The molecule has 0 amide bonds. The van der Waals surface area contributed by atoms with Gasteiger partial charge in [-0.05, 0) is 31.0 Å². The molecule has 0 spiro atoms. The van der Waals surface area contributed by atoms with Gasteiger partial charge >= 0.3 is 11.7 Å². The van der Waals surface area contributed by atoms with Gasteiger partial charge in [-0.2, -0.15) is 0 Å². The topological polar surface area (TPSA) is 123 Å². The van der Waals surface area contributed by atoms with E-state index in [1.165, 1.54) is 12.4 Å². The summed E-state index contributed by atoms with van der Waals surface area (Å²) in [4.78, 5) is 36.5. The standard InChI is InChI=1S/C27H33BrN6O5/c1-3-5-13-38-26(35)17-32-9-11-33(12-10-32)25(4-2)39-24-16-22-21(15-23(24)34(36)37)27(30-18-29-22)31-20-8-6-7-19(28)14-20/h6-8,14-16,18,25H,3-5,9-13,17H2,1-2H3,(H,29,30,31). The highest BCUT2D eigenvalue weighted by Gasteiger charge is 2.28. The number of ether oxygens (including phenoxy) is 2. The van der Waals surface area contributed by atoms with Crippen LogP contribution in [0.4, 0.5) is 17.2 Å². The van der Waals surface area contributed by atoms with E-state index < -0.39 is 4.92 Å². The molecule has 1 atom stereocenters. The summed E-state index contributed by atoms with van der Waals surface area (Å²) in [7, 11) is 0. The monoisotopic (exact) mass is 600 g/mol. The molecule has 0 bridgehead atoms. The predicted molar refractivity (Wildman–Crippen MR) is 152 cm³/mol. The smallest absolute Gasteiger partial charge is 0.320 e. The molecule has 208 valence electrons. The number of nitrogens with one attached hydrogen (secondary N) is 1. The Morgan fingerprint density at radius 1 is 1.18 bits per heavy atom. The number of piperazine rings is 1. The number of hydrogen-bond acceptors (Lipinski definition) is 10. The van der Waals surface area contributed by atoms with Gasteiger partial charge in [0.1, 0.15) is 12.1 Å². The molecule has 0 saturated carbocycles. The molecule has 1 aliphatic rings. The maximum Gasteiger partial charge on any atom is 0.320 e. The van der Waals surface area contributed by atoms with Crippen molar-refractivity contribution in [1.82, 2.24) is 19.8 Å². The van der Waals surface area contributed by atoms with Crippen LogP contribution >= 0.6 is 15.9 Å². The fraction of sp³-hybridized carbons (Fsp3) is 0.444. The Bertz CT molecular complexity index is 1300. The number of aromatic nitrogens is 2. The number of carbonyl (C=O) groups is 1. The van der Waals surface area contributed by atoms with Crippen LogP contribution in [0.2, 0.25) is 0 Å². The second-order valence-corrected chi connectivity index (χ2v) is 10.2. The van der Waals surface area contributed by atoms with Crippen molar-refractivity contribution in [2.24, 2.45) is 0 Å². The molecule has 1 unspecified atom stereocenters. The van der Waals surface area contributed by atoms with Gasteiger partial charge in [-0.3, -0.25) is 24.7 Å². The summed E-state index contributed by atoms with van der Waals surface area (Å²) in [6.07, 6.45) is 3.54. The van der Waals surface area contributed by atoms with Crippen molar-refractivity contribution in [1.29, 1.82) is 0 Å². The number of halogens is 1. The molecule has 11 nitrogen and oxygen atoms in total. The van der Waals surface area contributed by atoms with Crippen LogP contribution in [0.5, 0.6) is 5.75 Å². The Labute approximate surface area is 235 Å². The van der Waals surface area contributed by atoms with E-state index in [-0.39, 0.29) is 30.2 Å². The van der Waals surface area contributed by atoms with Crippen LogP contribution in [0.3, 0.4) is 0 Å². The van der Waals surface area contributed by atoms with E-state index >= 15 is 0 Å². The van der Waals surface area contributed by atoms with Gasteiger partial charge in [0.25, 0.3) is 0 Å². The van der Waals surface area contributed by atoms with Crippen molar-refractivity contribution >= 4 is 50.0 Å². The second-order valence-electron chi connectivity index (χ2n) is 9.32. The molecule has 1 N–H and O–H groups in total. The van der Waals surface area contributed by atoms with Crippen molar-refractivity contribution < 1.29 is 19.2 Å². The molecule has 1 fully saturated rings. The van der Waals surface area contributed by atoms with E-state index in [4.69, 9.17) is 9.47 Å². The average Bonchev–Trinajstić information content (AvgIpc) is 2.92. The number of fused-ring (bicyclic) bond motifs is 1. The van der Waals surface area contributed by atoms with Gasteiger partial charge < -0.3 is 14.8 Å². The van der Waals surface area contributed by atoms with Crippen molar-refractivity contribution in [3.05, 3.63) is 57.3 Å². The summed E-state index contributed by atoms with van der Waals surface area (Å²) >= 11 is 3.45. The quantitative estimate of drug-likeness (QED) is 0.130. The van der Waals surface area contributed by atoms with Crippen LogP contribution in [-0.2, 0) is 9.53 Å². The zero-order chi connectivity index (χ0) is 27.8. The number of nitrogens with zero attached hydrogens (tertiary/aromatic N) is 5. The average molecular weight is 602 g/mol. The van der Waals surface area contributed by atoms with Gasteiger partial charge in [-0.25, -0.2) is 9.97 Å². The molecule has 12 heteroatoms. The lowest BCUT2D eigenvalue weighted by Gasteiger charge is -2.38. The number of rotatable bonds is 12. The number of nitro groups is 1. The molecular formula is C27H33BrN6O5. The summed E-state index contributed by atoms with van der Waals surface area (Å²) in [5.41, 5.74) is 1.16. The highest BCUT2D eigenvalue weighted by atomic mass is 79.9. The Morgan fingerprint density at radius 3 is 2.67 bits per heavy atom. The molecule has 39 heavy (non-hydrogen) atoms. The molecular weight excluding hydrogens is 568 g/mol. The normalized spacial score (nSPS) is 15.2. The number of carbonyl (C=O) groups excluding carboxylic acids is 1. The summed E-state index contributed by atoms with van der Waals surface area (Å²) < 4.78 is 12.4. The molecule has 3 aromatic rings. The first-order chi connectivity index (χ1) is 18.9. The third-order valence-corrected chi connectivity index (χ3v) is 7.03. The predicted octanol–water partition coefficient (Wildman–Crippen LogP) is 5.12. The van der Waals surface area contributed by atoms with Gasteiger partial charge in [0.05, 0.1) is 29.0 Å². The third kappa shape index (κ3) is 7.61. The fourth-order valence-electron chi connectivity index (χ4n) is 4.44. The van der Waals surface area contributed by atoms with Crippen LogP contribution in [0.25, 0.3) is 10.9 Å². The first-order valence-electron chi connectivity index (χ1n) is 13.1.